The maximum Gasteiger partial charge on any atom is 0.416 e. The van der Waals surface area contributed by atoms with Crippen molar-refractivity contribution in [3.8, 4) is 0 Å². The van der Waals surface area contributed by atoms with E-state index < -0.39 is 11.7 Å². The monoisotopic (exact) mass is 255 g/mol. The molecule has 6 heteroatoms. The minimum absolute atomic E-state index is 0.0489. The predicted octanol–water partition coefficient (Wildman–Crippen LogP) is 2.93. The third-order valence-corrected chi connectivity index (χ3v) is 2.84. The molecule has 1 N–H and O–H groups in total. The lowest BCUT2D eigenvalue weighted by Crippen LogP contribution is -2.14. The number of aromatic nitrogens is 2. The van der Waals surface area contributed by atoms with Gasteiger partial charge < -0.3 is 5.32 Å². The summed E-state index contributed by atoms with van der Waals surface area (Å²) in [5.41, 5.74) is 0.296. The topological polar surface area (TPSA) is 37.8 Å². The Morgan fingerprint density at radius 1 is 1.22 bits per heavy atom. The SMILES string of the molecule is CNC(C)c1ncnc2cc(C(F)(F)F)ccc12. The number of rotatable bonds is 2. The molecule has 0 aliphatic heterocycles. The molecule has 2 rings (SSSR count). The molecule has 0 spiro atoms. The summed E-state index contributed by atoms with van der Waals surface area (Å²) < 4.78 is 37.8. The zero-order valence-electron chi connectivity index (χ0n) is 9.92. The molecule has 1 unspecified atom stereocenters. The third kappa shape index (κ3) is 2.28. The summed E-state index contributed by atoms with van der Waals surface area (Å²) in [5, 5.41) is 3.64. The first kappa shape index (κ1) is 12.8. The first-order valence-electron chi connectivity index (χ1n) is 5.42. The molecule has 1 aromatic carbocycles. The van der Waals surface area contributed by atoms with Crippen LogP contribution < -0.4 is 5.32 Å². The largest absolute Gasteiger partial charge is 0.416 e. The minimum Gasteiger partial charge on any atom is -0.312 e. The summed E-state index contributed by atoms with van der Waals surface area (Å²) in [6.45, 7) is 1.89. The van der Waals surface area contributed by atoms with Crippen molar-refractivity contribution in [2.45, 2.75) is 19.1 Å². The highest BCUT2D eigenvalue weighted by molar-refractivity contribution is 5.81. The number of alkyl halides is 3. The van der Waals surface area contributed by atoms with E-state index in [1.807, 2.05) is 6.92 Å². The number of hydrogen-bond acceptors (Lipinski definition) is 3. The number of hydrogen-bond donors (Lipinski definition) is 1. The predicted molar refractivity (Wildman–Crippen MR) is 62.0 cm³/mol. The lowest BCUT2D eigenvalue weighted by atomic mass is 10.1. The molecule has 0 amide bonds. The van der Waals surface area contributed by atoms with Gasteiger partial charge in [-0.3, -0.25) is 0 Å². The van der Waals surface area contributed by atoms with Crippen LogP contribution in [0.2, 0.25) is 0 Å². The second-order valence-corrected chi connectivity index (χ2v) is 4.00. The van der Waals surface area contributed by atoms with Crippen LogP contribution in [0, 0.1) is 0 Å². The van der Waals surface area contributed by atoms with Gasteiger partial charge in [-0.15, -0.1) is 0 Å². The summed E-state index contributed by atoms with van der Waals surface area (Å²) >= 11 is 0. The molecule has 96 valence electrons. The molecule has 0 bridgehead atoms. The Balaban J connectivity index is 2.60. The Kier molecular flexibility index (Phi) is 3.21. The van der Waals surface area contributed by atoms with E-state index in [-0.39, 0.29) is 6.04 Å². The fourth-order valence-corrected chi connectivity index (χ4v) is 1.74. The number of halogens is 3. The van der Waals surface area contributed by atoms with Crippen molar-refractivity contribution < 1.29 is 13.2 Å². The van der Waals surface area contributed by atoms with Crippen LogP contribution in [-0.2, 0) is 6.18 Å². The van der Waals surface area contributed by atoms with Gasteiger partial charge in [0.2, 0.25) is 0 Å². The highest BCUT2D eigenvalue weighted by Crippen LogP contribution is 2.31. The molecule has 3 nitrogen and oxygen atoms in total. The van der Waals surface area contributed by atoms with E-state index in [0.717, 1.165) is 12.1 Å². The third-order valence-electron chi connectivity index (χ3n) is 2.84. The Hall–Kier alpha value is -1.69. The zero-order valence-corrected chi connectivity index (χ0v) is 9.92. The number of nitrogens with one attached hydrogen (secondary N) is 1. The molecule has 2 aromatic rings. The van der Waals surface area contributed by atoms with Crippen LogP contribution >= 0.6 is 0 Å². The van der Waals surface area contributed by atoms with Gasteiger partial charge in [0.25, 0.3) is 0 Å². The van der Waals surface area contributed by atoms with Gasteiger partial charge in [0, 0.05) is 11.4 Å². The maximum absolute atomic E-state index is 12.6. The highest BCUT2D eigenvalue weighted by Gasteiger charge is 2.30. The number of nitrogens with zero attached hydrogens (tertiary/aromatic N) is 2. The normalized spacial score (nSPS) is 13.8. The van der Waals surface area contributed by atoms with Crippen molar-refractivity contribution in [3.05, 3.63) is 35.8 Å². The Morgan fingerprint density at radius 3 is 2.56 bits per heavy atom. The van der Waals surface area contributed by atoms with E-state index in [4.69, 9.17) is 0 Å². The lowest BCUT2D eigenvalue weighted by molar-refractivity contribution is -0.137. The van der Waals surface area contributed by atoms with Gasteiger partial charge in [-0.05, 0) is 26.1 Å². The minimum atomic E-state index is -4.35. The van der Waals surface area contributed by atoms with Crippen LogP contribution in [0.25, 0.3) is 10.9 Å². The first-order chi connectivity index (χ1) is 8.43. The lowest BCUT2D eigenvalue weighted by Gasteiger charge is -2.13. The maximum atomic E-state index is 12.6. The van der Waals surface area contributed by atoms with Gasteiger partial charge in [-0.25, -0.2) is 9.97 Å². The highest BCUT2D eigenvalue weighted by atomic mass is 19.4. The van der Waals surface area contributed by atoms with E-state index in [2.05, 4.69) is 15.3 Å². The molecule has 1 atom stereocenters. The molecule has 0 fully saturated rings. The fourth-order valence-electron chi connectivity index (χ4n) is 1.74. The van der Waals surface area contributed by atoms with Crippen LogP contribution in [0.1, 0.15) is 24.2 Å². The van der Waals surface area contributed by atoms with Crippen LogP contribution in [0.3, 0.4) is 0 Å². The van der Waals surface area contributed by atoms with Crippen molar-refractivity contribution in [3.63, 3.8) is 0 Å². The van der Waals surface area contributed by atoms with Gasteiger partial charge in [0.15, 0.2) is 0 Å². The Labute approximate surface area is 102 Å². The average Bonchev–Trinajstić information content (AvgIpc) is 2.35. The molecular formula is C12H12F3N3. The summed E-state index contributed by atoms with van der Waals surface area (Å²) in [6.07, 6.45) is -3.07. The van der Waals surface area contributed by atoms with Crippen molar-refractivity contribution in [2.24, 2.45) is 0 Å². The van der Waals surface area contributed by atoms with Crippen molar-refractivity contribution >= 4 is 10.9 Å². The van der Waals surface area contributed by atoms with Crippen molar-refractivity contribution in [1.82, 2.24) is 15.3 Å². The van der Waals surface area contributed by atoms with E-state index in [9.17, 15) is 13.2 Å². The summed E-state index contributed by atoms with van der Waals surface area (Å²) in [6, 6.07) is 3.47. The standard InChI is InChI=1S/C12H12F3N3/c1-7(16-2)11-9-4-3-8(12(13,14)15)5-10(9)17-6-18-11/h3-7,16H,1-2H3. The van der Waals surface area contributed by atoms with Gasteiger partial charge in [0.1, 0.15) is 6.33 Å². The number of fused-ring (bicyclic) bond motifs is 1. The van der Waals surface area contributed by atoms with Crippen molar-refractivity contribution in [2.75, 3.05) is 7.05 Å². The zero-order chi connectivity index (χ0) is 13.3. The number of benzene rings is 1. The molecule has 1 heterocycles. The Morgan fingerprint density at radius 2 is 1.94 bits per heavy atom. The van der Waals surface area contributed by atoms with Crippen LogP contribution in [0.4, 0.5) is 13.2 Å². The molecule has 1 aromatic heterocycles. The van der Waals surface area contributed by atoms with Crippen LogP contribution in [-0.4, -0.2) is 17.0 Å². The molecule has 0 aliphatic carbocycles. The van der Waals surface area contributed by atoms with Gasteiger partial charge in [-0.1, -0.05) is 6.07 Å². The quantitative estimate of drug-likeness (QED) is 0.896. The first-order valence-corrected chi connectivity index (χ1v) is 5.42. The van der Waals surface area contributed by atoms with Gasteiger partial charge in [0.05, 0.1) is 16.8 Å². The van der Waals surface area contributed by atoms with E-state index in [1.54, 1.807) is 7.05 Å². The Bertz CT molecular complexity index is 566. The molecule has 0 saturated heterocycles. The summed E-state index contributed by atoms with van der Waals surface area (Å²) in [7, 11) is 1.77. The van der Waals surface area contributed by atoms with E-state index in [0.29, 0.717) is 16.6 Å². The molecule has 0 aliphatic rings. The van der Waals surface area contributed by atoms with Gasteiger partial charge >= 0.3 is 6.18 Å². The van der Waals surface area contributed by atoms with Crippen LogP contribution in [0.15, 0.2) is 24.5 Å². The average molecular weight is 255 g/mol. The molecule has 0 saturated carbocycles. The summed E-state index contributed by atoms with van der Waals surface area (Å²) in [5.74, 6) is 0. The smallest absolute Gasteiger partial charge is 0.312 e. The molecular weight excluding hydrogens is 243 g/mol. The van der Waals surface area contributed by atoms with Crippen molar-refractivity contribution in [1.29, 1.82) is 0 Å². The van der Waals surface area contributed by atoms with Gasteiger partial charge in [-0.2, -0.15) is 13.2 Å². The molecule has 0 radical (unpaired) electrons. The van der Waals surface area contributed by atoms with E-state index in [1.165, 1.54) is 12.4 Å². The fraction of sp³-hybridized carbons (Fsp3) is 0.333. The summed E-state index contributed by atoms with van der Waals surface area (Å²) in [4.78, 5) is 8.01. The second kappa shape index (κ2) is 4.53. The van der Waals surface area contributed by atoms with E-state index >= 15 is 0 Å². The molecule has 18 heavy (non-hydrogen) atoms. The second-order valence-electron chi connectivity index (χ2n) is 4.00. The van der Waals surface area contributed by atoms with Crippen LogP contribution in [0.5, 0.6) is 0 Å².